The maximum absolute atomic E-state index is 13.1. The van der Waals surface area contributed by atoms with Crippen LogP contribution in [-0.4, -0.2) is 39.1 Å². The van der Waals surface area contributed by atoms with Gasteiger partial charge < -0.3 is 10.1 Å². The smallest absolute Gasteiger partial charge is 0.344 e. The van der Waals surface area contributed by atoms with Gasteiger partial charge in [-0.05, 0) is 31.0 Å². The maximum atomic E-state index is 13.1. The highest BCUT2D eigenvalue weighted by atomic mass is 32.2. The summed E-state index contributed by atoms with van der Waals surface area (Å²) in [4.78, 5) is 23.8. The molecule has 7 nitrogen and oxygen atoms in total. The van der Waals surface area contributed by atoms with E-state index in [0.29, 0.717) is 24.0 Å². The fourth-order valence-corrected chi connectivity index (χ4v) is 3.22. The number of aromatic amines is 1. The van der Waals surface area contributed by atoms with E-state index in [1.165, 1.54) is 22.8 Å². The second-order valence-corrected chi connectivity index (χ2v) is 6.35. The van der Waals surface area contributed by atoms with Crippen LogP contribution in [0.3, 0.4) is 0 Å². The Labute approximate surface area is 141 Å². The van der Waals surface area contributed by atoms with Gasteiger partial charge in [0.15, 0.2) is 5.16 Å². The number of aromatic nitrogens is 3. The number of hydrogen-bond acceptors (Lipinski definition) is 5. The monoisotopic (exact) mass is 352 g/mol. The molecule has 1 aromatic heterocycles. The van der Waals surface area contributed by atoms with E-state index in [1.807, 2.05) is 0 Å². The van der Waals surface area contributed by atoms with Crippen LogP contribution in [0, 0.1) is 5.82 Å². The number of nitrogens with zero attached hydrogens (tertiary/aromatic N) is 2. The molecule has 1 fully saturated rings. The summed E-state index contributed by atoms with van der Waals surface area (Å²) in [5.74, 6) is -0.658. The molecular weight excluding hydrogens is 335 g/mol. The number of H-pyrrole nitrogens is 1. The molecule has 0 bridgehead atoms. The lowest BCUT2D eigenvalue weighted by Gasteiger charge is -2.11. The summed E-state index contributed by atoms with van der Waals surface area (Å²) < 4.78 is 20.1. The van der Waals surface area contributed by atoms with Gasteiger partial charge in [0.1, 0.15) is 5.82 Å². The van der Waals surface area contributed by atoms with Crippen molar-refractivity contribution in [3.8, 4) is 0 Å². The molecule has 0 radical (unpaired) electrons. The highest BCUT2D eigenvalue weighted by Crippen LogP contribution is 2.18. The molecular formula is C15H17FN4O3S. The van der Waals surface area contributed by atoms with E-state index >= 15 is 0 Å². The molecule has 2 N–H and O–H groups in total. The number of anilines is 1. The zero-order chi connectivity index (χ0) is 16.9. The summed E-state index contributed by atoms with van der Waals surface area (Å²) >= 11 is 1.14. The Morgan fingerprint density at radius 2 is 2.42 bits per heavy atom. The van der Waals surface area contributed by atoms with Gasteiger partial charge in [-0.25, -0.2) is 14.3 Å². The van der Waals surface area contributed by atoms with E-state index in [-0.39, 0.29) is 23.5 Å². The highest BCUT2D eigenvalue weighted by Gasteiger charge is 2.20. The summed E-state index contributed by atoms with van der Waals surface area (Å²) in [6.45, 7) is 1.12. The van der Waals surface area contributed by atoms with Crippen LogP contribution in [0.4, 0.5) is 10.1 Å². The van der Waals surface area contributed by atoms with Gasteiger partial charge in [0.2, 0.25) is 5.91 Å². The molecule has 128 valence electrons. The van der Waals surface area contributed by atoms with Crippen LogP contribution in [0.2, 0.25) is 0 Å². The Morgan fingerprint density at radius 1 is 1.54 bits per heavy atom. The van der Waals surface area contributed by atoms with Gasteiger partial charge in [-0.1, -0.05) is 17.8 Å². The van der Waals surface area contributed by atoms with Gasteiger partial charge in [-0.2, -0.15) is 0 Å². The molecule has 9 heteroatoms. The molecule has 0 unspecified atom stereocenters. The van der Waals surface area contributed by atoms with Gasteiger partial charge in [-0.3, -0.25) is 9.36 Å². The first-order chi connectivity index (χ1) is 11.6. The third-order valence-electron chi connectivity index (χ3n) is 3.57. The normalized spacial score (nSPS) is 17.1. The van der Waals surface area contributed by atoms with E-state index in [9.17, 15) is 14.0 Å². The number of rotatable bonds is 6. The van der Waals surface area contributed by atoms with E-state index < -0.39 is 5.82 Å². The van der Waals surface area contributed by atoms with E-state index in [4.69, 9.17) is 4.74 Å². The van der Waals surface area contributed by atoms with Crippen molar-refractivity contribution in [1.29, 1.82) is 0 Å². The Kier molecular flexibility index (Phi) is 5.31. The molecule has 0 aliphatic carbocycles. The molecule has 2 heterocycles. The lowest BCUT2D eigenvalue weighted by molar-refractivity contribution is -0.113. The molecule has 1 aliphatic rings. The first-order valence-electron chi connectivity index (χ1n) is 7.57. The van der Waals surface area contributed by atoms with E-state index in [2.05, 4.69) is 15.5 Å². The van der Waals surface area contributed by atoms with Crippen molar-refractivity contribution >= 4 is 23.4 Å². The minimum absolute atomic E-state index is 0.000713. The summed E-state index contributed by atoms with van der Waals surface area (Å²) in [5, 5.41) is 9.37. The van der Waals surface area contributed by atoms with Gasteiger partial charge in [0.05, 0.1) is 18.4 Å². The van der Waals surface area contributed by atoms with Crippen LogP contribution in [0.1, 0.15) is 12.8 Å². The molecule has 24 heavy (non-hydrogen) atoms. The standard InChI is InChI=1S/C15H17FN4O3S/c16-10-3-1-4-11(7-10)17-13(21)9-24-15-19-18-14(22)20(15)8-12-5-2-6-23-12/h1,3-4,7,12H,2,5-6,8-9H2,(H,17,21)(H,18,22)/t12-/m1/s1. The largest absolute Gasteiger partial charge is 0.376 e. The van der Waals surface area contributed by atoms with Crippen molar-refractivity contribution in [1.82, 2.24) is 14.8 Å². The van der Waals surface area contributed by atoms with Crippen LogP contribution in [0.15, 0.2) is 34.2 Å². The molecule has 1 aliphatic heterocycles. The Morgan fingerprint density at radius 3 is 3.17 bits per heavy atom. The molecule has 2 aromatic rings. The fraction of sp³-hybridized carbons (Fsp3) is 0.400. The number of ether oxygens (including phenoxy) is 1. The Hall–Kier alpha value is -2.13. The second-order valence-electron chi connectivity index (χ2n) is 5.40. The van der Waals surface area contributed by atoms with Crippen LogP contribution in [0.25, 0.3) is 0 Å². The topological polar surface area (TPSA) is 89.0 Å². The van der Waals surface area contributed by atoms with Gasteiger partial charge in [-0.15, -0.1) is 5.10 Å². The van der Waals surface area contributed by atoms with Crippen molar-refractivity contribution in [3.05, 3.63) is 40.6 Å². The zero-order valence-electron chi connectivity index (χ0n) is 12.8. The van der Waals surface area contributed by atoms with Crippen molar-refractivity contribution in [2.24, 2.45) is 0 Å². The molecule has 0 saturated carbocycles. The summed E-state index contributed by atoms with van der Waals surface area (Å²) in [6.07, 6.45) is 1.89. The molecule has 1 atom stereocenters. The Bertz CT molecular complexity index is 770. The lowest BCUT2D eigenvalue weighted by atomic mass is 10.2. The quantitative estimate of drug-likeness (QED) is 0.771. The zero-order valence-corrected chi connectivity index (χ0v) is 13.6. The van der Waals surface area contributed by atoms with Crippen LogP contribution in [-0.2, 0) is 16.1 Å². The van der Waals surface area contributed by atoms with Crippen molar-refractivity contribution < 1.29 is 13.9 Å². The van der Waals surface area contributed by atoms with Crippen LogP contribution < -0.4 is 11.0 Å². The first kappa shape index (κ1) is 16.7. The summed E-state index contributed by atoms with van der Waals surface area (Å²) in [5.41, 5.74) is 0.0675. The number of amides is 1. The molecule has 1 amide bonds. The van der Waals surface area contributed by atoms with Gasteiger partial charge in [0, 0.05) is 12.3 Å². The number of benzene rings is 1. The Balaban J connectivity index is 1.58. The predicted octanol–water partition coefficient (Wildman–Crippen LogP) is 1.62. The number of thioether (sulfide) groups is 1. The van der Waals surface area contributed by atoms with Crippen molar-refractivity contribution in [2.75, 3.05) is 17.7 Å². The third-order valence-corrected chi connectivity index (χ3v) is 4.55. The lowest BCUT2D eigenvalue weighted by Crippen LogP contribution is -2.25. The molecule has 1 aromatic carbocycles. The minimum Gasteiger partial charge on any atom is -0.376 e. The van der Waals surface area contributed by atoms with Gasteiger partial charge in [0.25, 0.3) is 0 Å². The van der Waals surface area contributed by atoms with Crippen molar-refractivity contribution in [3.63, 3.8) is 0 Å². The minimum atomic E-state index is -0.418. The fourth-order valence-electron chi connectivity index (χ4n) is 2.46. The first-order valence-corrected chi connectivity index (χ1v) is 8.55. The number of carbonyl (C=O) groups excluding carboxylic acids is 1. The maximum Gasteiger partial charge on any atom is 0.344 e. The highest BCUT2D eigenvalue weighted by molar-refractivity contribution is 7.99. The van der Waals surface area contributed by atoms with Crippen LogP contribution in [0.5, 0.6) is 0 Å². The van der Waals surface area contributed by atoms with E-state index in [1.54, 1.807) is 6.07 Å². The second kappa shape index (κ2) is 7.63. The van der Waals surface area contributed by atoms with Crippen molar-refractivity contribution in [2.45, 2.75) is 30.6 Å². The third kappa shape index (κ3) is 4.24. The average Bonchev–Trinajstić information content (AvgIpc) is 3.17. The van der Waals surface area contributed by atoms with Crippen LogP contribution >= 0.6 is 11.8 Å². The number of hydrogen-bond donors (Lipinski definition) is 2. The SMILES string of the molecule is O=C(CSc1n[nH]c(=O)n1C[C@H]1CCCO1)Nc1cccc(F)c1. The predicted molar refractivity (Wildman–Crippen MR) is 87.6 cm³/mol. The number of halogens is 1. The summed E-state index contributed by atoms with van der Waals surface area (Å²) in [7, 11) is 0. The van der Waals surface area contributed by atoms with Gasteiger partial charge >= 0.3 is 5.69 Å². The number of nitrogens with one attached hydrogen (secondary N) is 2. The summed E-state index contributed by atoms with van der Waals surface area (Å²) in [6, 6.07) is 5.67. The van der Waals surface area contributed by atoms with E-state index in [0.717, 1.165) is 24.6 Å². The average molecular weight is 352 g/mol. The molecule has 3 rings (SSSR count). The molecule has 0 spiro atoms. The number of carbonyl (C=O) groups is 1. The molecule has 1 saturated heterocycles.